The van der Waals surface area contributed by atoms with Gasteiger partial charge in [-0.15, -0.1) is 0 Å². The molecule has 2 heterocycles. The molecular weight excluding hydrogens is 1330 g/mol. The summed E-state index contributed by atoms with van der Waals surface area (Å²) in [6.07, 6.45) is 2.77. The lowest BCUT2D eigenvalue weighted by molar-refractivity contribution is -0.155. The van der Waals surface area contributed by atoms with Crippen LogP contribution in [0.1, 0.15) is 169 Å². The van der Waals surface area contributed by atoms with Gasteiger partial charge < -0.3 is 64.8 Å². The van der Waals surface area contributed by atoms with Gasteiger partial charge in [-0.3, -0.25) is 48.1 Å². The van der Waals surface area contributed by atoms with Gasteiger partial charge in [-0.2, -0.15) is 5.10 Å². The number of likely N-dealkylation sites (tertiary alicyclic amines) is 1. The number of amides is 10. The van der Waals surface area contributed by atoms with Gasteiger partial charge in [-0.25, -0.2) is 19.8 Å². The molecule has 28 nitrogen and oxygen atoms in total. The Bertz CT molecular complexity index is 3250. The summed E-state index contributed by atoms with van der Waals surface area (Å²) in [7, 11) is 2.82. The molecule has 1 unspecified atom stereocenters. The Labute approximate surface area is 606 Å². The fourth-order valence-corrected chi connectivity index (χ4v) is 11.2. The number of rotatable bonds is 31. The number of cyclic esters (lactones) is 2. The number of likely N-dealkylation sites (N-methyl/N-ethyl adjacent to an activating group) is 2. The standard InChI is InChI=1S/C75H112N10O18/c1-15-48(5)65-69(91)79-55(12)74(96)103-66(49(6)16-2)52(9)60(33-28-50(7)73(95)101-61(43-47(3)4)68(90)78-54(11)71(93)84(14)59(45-56-25-19-17-20-26-56)72(94)83(13)46-63(87)80-65)102-75(97)77-35-24-38-99-40-42-100-41-39-98-37-23-34-76-67(89)58-31-29-57(30-32-58)53(10)81-82-62(86)27-21-18-22-36-85-64(88)44-51(8)70(85)92/h16-17,19-20,25-26,28-32,47-48,51-52,54-55,59-61,65-66H,15,18,21-24,27,33-46H2,1-14H3,(H,76,89)(H,77,97)(H,78,90)(H,79,91)(H,80,87)(H,82,86)/b49-16+,50-28+,81-53+/t48-,51?,52+,54+,55-,59-,60+,61-,65+,66-/m1/s1. The first-order chi connectivity index (χ1) is 49.0. The maximum absolute atomic E-state index is 14.4. The Kier molecular flexibility index (Phi) is 38.0. The summed E-state index contributed by atoms with van der Waals surface area (Å²) in [5, 5.41) is 17.9. The quantitative estimate of drug-likeness (QED) is 0.00954. The van der Waals surface area contributed by atoms with Crippen molar-refractivity contribution >= 4 is 76.9 Å². The Hall–Kier alpha value is -8.89. The Balaban J connectivity index is 1.29. The minimum absolute atomic E-state index is 0.0430. The molecule has 2 aromatic rings. The second-order valence-electron chi connectivity index (χ2n) is 26.9. The lowest BCUT2D eigenvalue weighted by Gasteiger charge is -2.33. The van der Waals surface area contributed by atoms with Gasteiger partial charge in [-0.05, 0) is 114 Å². The smallest absolute Gasteiger partial charge is 0.407 e. The molecule has 2 aromatic carbocycles. The molecule has 0 aliphatic carbocycles. The molecule has 0 aromatic heterocycles. The van der Waals surface area contributed by atoms with Crippen LogP contribution in [0.3, 0.4) is 0 Å². The van der Waals surface area contributed by atoms with Gasteiger partial charge in [-0.1, -0.05) is 109 Å². The summed E-state index contributed by atoms with van der Waals surface area (Å²) in [5.41, 5.74) is 5.65. The summed E-state index contributed by atoms with van der Waals surface area (Å²) >= 11 is 0. The van der Waals surface area contributed by atoms with Crippen LogP contribution in [0.2, 0.25) is 0 Å². The summed E-state index contributed by atoms with van der Waals surface area (Å²) in [6.45, 7) is 22.5. The molecule has 2 aliphatic rings. The van der Waals surface area contributed by atoms with Crippen molar-refractivity contribution in [3.63, 3.8) is 0 Å². The number of carbonyl (C=O) groups excluding carboxylic acids is 12. The zero-order valence-electron chi connectivity index (χ0n) is 62.7. The monoisotopic (exact) mass is 1440 g/mol. The summed E-state index contributed by atoms with van der Waals surface area (Å²) in [5.74, 6) is -7.53. The third-order valence-corrected chi connectivity index (χ3v) is 18.0. The van der Waals surface area contributed by atoms with Crippen LogP contribution in [0.5, 0.6) is 0 Å². The van der Waals surface area contributed by atoms with Crippen molar-refractivity contribution < 1.29 is 86.0 Å². The molecule has 0 saturated carbocycles. The van der Waals surface area contributed by atoms with Crippen LogP contribution in [0.25, 0.3) is 0 Å². The fraction of sp³-hybridized carbons (Fsp3) is 0.613. The number of allylic oxidation sites excluding steroid dienone is 1. The maximum atomic E-state index is 14.4. The van der Waals surface area contributed by atoms with Gasteiger partial charge in [0.15, 0.2) is 6.10 Å². The Morgan fingerprint density at radius 1 is 0.718 bits per heavy atom. The number of unbranched alkanes of at least 4 members (excludes halogenated alkanes) is 2. The second kappa shape index (κ2) is 45.3. The van der Waals surface area contributed by atoms with Crippen LogP contribution in [0.15, 0.2) is 83.0 Å². The highest BCUT2D eigenvalue weighted by Crippen LogP contribution is 2.27. The second-order valence-corrected chi connectivity index (χ2v) is 26.9. The lowest BCUT2D eigenvalue weighted by atomic mass is 9.90. The normalized spacial score (nSPS) is 23.1. The number of hydrogen-bond acceptors (Lipinski definition) is 19. The zero-order chi connectivity index (χ0) is 76.3. The van der Waals surface area contributed by atoms with Crippen LogP contribution in [0.4, 0.5) is 4.79 Å². The molecule has 103 heavy (non-hydrogen) atoms. The number of alkyl carbamates (subject to hydrolysis) is 1. The van der Waals surface area contributed by atoms with Crippen LogP contribution in [0, 0.1) is 23.7 Å². The largest absolute Gasteiger partial charge is 0.456 e. The van der Waals surface area contributed by atoms with Gasteiger partial charge in [0.2, 0.25) is 41.4 Å². The zero-order valence-corrected chi connectivity index (χ0v) is 62.7. The maximum Gasteiger partial charge on any atom is 0.407 e. The van der Waals surface area contributed by atoms with E-state index in [0.717, 1.165) is 10.5 Å². The third kappa shape index (κ3) is 29.8. The first kappa shape index (κ1) is 86.5. The summed E-state index contributed by atoms with van der Waals surface area (Å²) in [6, 6.07) is 11.0. The number of hydrogen-bond donors (Lipinski definition) is 6. The van der Waals surface area contributed by atoms with Crippen molar-refractivity contribution in [2.24, 2.45) is 28.8 Å². The fourth-order valence-electron chi connectivity index (χ4n) is 11.2. The van der Waals surface area contributed by atoms with E-state index in [4.69, 9.17) is 28.4 Å². The summed E-state index contributed by atoms with van der Waals surface area (Å²) < 4.78 is 35.0. The molecule has 10 atom stereocenters. The minimum atomic E-state index is -1.36. The summed E-state index contributed by atoms with van der Waals surface area (Å²) in [4.78, 5) is 165. The molecule has 0 radical (unpaired) electrons. The van der Waals surface area contributed by atoms with Crippen molar-refractivity contribution in [3.8, 4) is 0 Å². The molecule has 0 spiro atoms. The van der Waals surface area contributed by atoms with Gasteiger partial charge >= 0.3 is 18.0 Å². The highest BCUT2D eigenvalue weighted by molar-refractivity contribution is 6.03. The van der Waals surface area contributed by atoms with Gasteiger partial charge in [0.05, 0.1) is 38.7 Å². The Morgan fingerprint density at radius 3 is 1.93 bits per heavy atom. The SMILES string of the molecule is C/C=C(\C)[C@H]1OC(=O)[C@@H](C)NC(=O)[C@H]([C@H](C)CC)NC(=O)CN(C)C(=O)[C@@H](Cc2ccccc2)N(C)C(=O)[C@H](C)NC(=O)[C@@H](CC(C)C)OC(=O)/C(C)=C/C[C@H](OC(=O)NCCCOCCOCCOCCCNC(=O)c2ccc(/C(C)=N/NC(=O)CCCCCN3C(=O)CC(C)C3=O)cc2)[C@@H]1C. The van der Waals surface area contributed by atoms with E-state index in [9.17, 15) is 57.5 Å². The van der Waals surface area contributed by atoms with Crippen molar-refractivity contribution in [3.05, 3.63) is 94.6 Å². The molecule has 1 fully saturated rings. The Morgan fingerprint density at radius 2 is 1.33 bits per heavy atom. The topological polar surface area (TPSA) is 354 Å². The third-order valence-electron chi connectivity index (χ3n) is 18.0. The van der Waals surface area contributed by atoms with E-state index < -0.39 is 108 Å². The molecule has 28 heteroatoms. The predicted octanol–water partition coefficient (Wildman–Crippen LogP) is 6.03. The van der Waals surface area contributed by atoms with Crippen LogP contribution < -0.4 is 32.0 Å². The predicted molar refractivity (Wildman–Crippen MR) is 385 cm³/mol. The number of nitrogens with zero attached hydrogens (tertiary/aromatic N) is 4. The van der Waals surface area contributed by atoms with E-state index in [-0.39, 0.29) is 99.5 Å². The van der Waals surface area contributed by atoms with Crippen molar-refractivity contribution in [2.75, 3.05) is 79.9 Å². The van der Waals surface area contributed by atoms with E-state index in [1.165, 1.54) is 50.7 Å². The molecule has 570 valence electrons. The molecule has 0 bridgehead atoms. The number of benzene rings is 2. The van der Waals surface area contributed by atoms with E-state index in [2.05, 4.69) is 37.1 Å². The van der Waals surface area contributed by atoms with Crippen LogP contribution in [-0.4, -0.2) is 214 Å². The van der Waals surface area contributed by atoms with Gasteiger partial charge in [0.25, 0.3) is 11.8 Å². The lowest BCUT2D eigenvalue weighted by Crippen LogP contribution is -2.57. The van der Waals surface area contributed by atoms with Crippen molar-refractivity contribution in [1.82, 2.24) is 46.7 Å². The first-order valence-corrected chi connectivity index (χ1v) is 35.9. The average Bonchev–Trinajstić information content (AvgIpc) is 1.80. The number of nitrogens with one attached hydrogen (secondary N) is 6. The highest BCUT2D eigenvalue weighted by atomic mass is 16.6. The van der Waals surface area contributed by atoms with Crippen molar-refractivity contribution in [2.45, 2.75) is 196 Å². The minimum Gasteiger partial charge on any atom is -0.456 e. The number of ether oxygens (including phenoxy) is 6. The molecular formula is C75H112N10O18. The number of carbonyl (C=O) groups is 12. The average molecular weight is 1440 g/mol. The van der Waals surface area contributed by atoms with E-state index in [0.29, 0.717) is 93.8 Å². The first-order valence-electron chi connectivity index (χ1n) is 35.9. The van der Waals surface area contributed by atoms with Gasteiger partial charge in [0.1, 0.15) is 36.4 Å². The highest BCUT2D eigenvalue weighted by Gasteiger charge is 2.39. The van der Waals surface area contributed by atoms with Crippen LogP contribution >= 0.6 is 0 Å². The van der Waals surface area contributed by atoms with Gasteiger partial charge in [0, 0.05) is 95.6 Å². The number of imide groups is 1. The van der Waals surface area contributed by atoms with Crippen LogP contribution in [-0.2, 0) is 82.8 Å². The van der Waals surface area contributed by atoms with E-state index in [1.807, 2.05) is 20.8 Å². The number of esters is 2. The van der Waals surface area contributed by atoms with E-state index >= 15 is 0 Å². The molecule has 1 saturated heterocycles. The van der Waals surface area contributed by atoms with Crippen molar-refractivity contribution in [1.29, 1.82) is 0 Å². The molecule has 6 N–H and O–H groups in total. The van der Waals surface area contributed by atoms with E-state index in [1.54, 1.807) is 102 Å². The molecule has 2 aliphatic heterocycles. The molecule has 4 rings (SSSR count). The number of hydrazone groups is 1. The molecule has 10 amide bonds.